The van der Waals surface area contributed by atoms with Crippen molar-refractivity contribution in [3.63, 3.8) is 0 Å². The summed E-state index contributed by atoms with van der Waals surface area (Å²) >= 11 is 0. The molecular formula is C29H37N9O3. The van der Waals surface area contributed by atoms with Gasteiger partial charge in [0.2, 0.25) is 11.9 Å². The molecule has 4 rings (SSSR count). The fourth-order valence-electron chi connectivity index (χ4n) is 4.71. The molecule has 0 fully saturated rings. The van der Waals surface area contributed by atoms with Crippen molar-refractivity contribution in [1.29, 1.82) is 0 Å². The van der Waals surface area contributed by atoms with Crippen LogP contribution in [0.2, 0.25) is 0 Å². The van der Waals surface area contributed by atoms with Gasteiger partial charge in [-0.05, 0) is 44.0 Å². The number of aromatic nitrogens is 4. The number of nitrogens with one attached hydrogen (secondary N) is 2. The van der Waals surface area contributed by atoms with Crippen LogP contribution in [0.5, 0.6) is 0 Å². The molecule has 216 valence electrons. The first kappa shape index (κ1) is 29.1. The van der Waals surface area contributed by atoms with Crippen LogP contribution in [0.4, 0.5) is 16.4 Å². The molecule has 0 saturated heterocycles. The summed E-state index contributed by atoms with van der Waals surface area (Å²) in [7, 11) is 3.52. The first-order valence-corrected chi connectivity index (χ1v) is 13.5. The number of likely N-dealkylation sites (N-methyl/N-ethyl adjacent to an activating group) is 1. The van der Waals surface area contributed by atoms with E-state index in [1.807, 2.05) is 66.9 Å². The minimum absolute atomic E-state index is 0.0190. The van der Waals surface area contributed by atoms with Crippen LogP contribution in [-0.2, 0) is 24.4 Å². The van der Waals surface area contributed by atoms with E-state index in [1.165, 1.54) is 0 Å². The van der Waals surface area contributed by atoms with E-state index < -0.39 is 5.91 Å². The molecule has 0 saturated carbocycles. The Labute approximate surface area is 239 Å². The average molecular weight is 560 g/mol. The summed E-state index contributed by atoms with van der Waals surface area (Å²) in [5.41, 5.74) is 9.77. The Morgan fingerprint density at radius 1 is 1.05 bits per heavy atom. The number of fused-ring (bicyclic) bond motifs is 1. The summed E-state index contributed by atoms with van der Waals surface area (Å²) in [6, 6.07) is 17.0. The van der Waals surface area contributed by atoms with Crippen molar-refractivity contribution in [2.24, 2.45) is 5.73 Å². The molecule has 0 aliphatic carbocycles. The molecule has 0 bridgehead atoms. The van der Waals surface area contributed by atoms with E-state index in [-0.39, 0.29) is 18.5 Å². The van der Waals surface area contributed by atoms with Gasteiger partial charge in [0.1, 0.15) is 11.2 Å². The van der Waals surface area contributed by atoms with Gasteiger partial charge in [-0.25, -0.2) is 9.78 Å². The van der Waals surface area contributed by atoms with Crippen molar-refractivity contribution in [2.75, 3.05) is 37.4 Å². The fourth-order valence-corrected chi connectivity index (χ4v) is 4.71. The number of urea groups is 1. The second-order valence-electron chi connectivity index (χ2n) is 9.92. The summed E-state index contributed by atoms with van der Waals surface area (Å²) in [5, 5.41) is 10.3. The molecule has 0 radical (unpaired) electrons. The molecule has 0 spiro atoms. The van der Waals surface area contributed by atoms with Crippen LogP contribution in [0.1, 0.15) is 35.1 Å². The molecular weight excluding hydrogens is 522 g/mol. The van der Waals surface area contributed by atoms with E-state index in [2.05, 4.69) is 15.7 Å². The second kappa shape index (κ2) is 13.0. The minimum Gasteiger partial charge on any atom is -0.368 e. The van der Waals surface area contributed by atoms with Gasteiger partial charge in [-0.15, -0.1) is 0 Å². The molecule has 4 amide bonds. The zero-order chi connectivity index (χ0) is 29.5. The van der Waals surface area contributed by atoms with Crippen molar-refractivity contribution in [3.05, 3.63) is 71.5 Å². The van der Waals surface area contributed by atoms with E-state index in [0.29, 0.717) is 55.4 Å². The van der Waals surface area contributed by atoms with Crippen molar-refractivity contribution < 1.29 is 14.4 Å². The number of carbonyl (C=O) groups excluding carboxylic acids is 3. The zero-order valence-corrected chi connectivity index (χ0v) is 23.9. The van der Waals surface area contributed by atoms with Crippen LogP contribution in [0.15, 0.2) is 54.6 Å². The van der Waals surface area contributed by atoms with Gasteiger partial charge in [0, 0.05) is 40.3 Å². The monoisotopic (exact) mass is 559 g/mol. The van der Waals surface area contributed by atoms with E-state index in [0.717, 1.165) is 16.8 Å². The molecule has 0 atom stereocenters. The van der Waals surface area contributed by atoms with Crippen molar-refractivity contribution in [3.8, 4) is 0 Å². The van der Waals surface area contributed by atoms with Gasteiger partial charge in [-0.2, -0.15) is 5.10 Å². The normalized spacial score (nSPS) is 10.9. The number of nitrogens with two attached hydrogens (primary N) is 1. The maximum atomic E-state index is 13.3. The van der Waals surface area contributed by atoms with Gasteiger partial charge in [-0.1, -0.05) is 36.4 Å². The Morgan fingerprint density at radius 2 is 1.80 bits per heavy atom. The van der Waals surface area contributed by atoms with Crippen LogP contribution < -0.4 is 21.3 Å². The summed E-state index contributed by atoms with van der Waals surface area (Å²) in [5.74, 6) is -0.431. The Hall–Kier alpha value is -4.87. The predicted octanol–water partition coefficient (Wildman–Crippen LogP) is 2.97. The number of carbonyl (C=O) groups is 3. The largest absolute Gasteiger partial charge is 0.368 e. The highest BCUT2D eigenvalue weighted by Crippen LogP contribution is 2.29. The van der Waals surface area contributed by atoms with Crippen LogP contribution in [0.25, 0.3) is 11.0 Å². The molecule has 2 aromatic carbocycles. The highest BCUT2D eigenvalue weighted by molar-refractivity contribution is 6.03. The smallest absolute Gasteiger partial charge is 0.317 e. The molecule has 4 N–H and O–H groups in total. The maximum absolute atomic E-state index is 13.3. The molecule has 2 heterocycles. The number of imidazole rings is 1. The minimum atomic E-state index is -0.464. The highest BCUT2D eigenvalue weighted by Gasteiger charge is 2.20. The lowest BCUT2D eigenvalue weighted by molar-refractivity contribution is -0.116. The number of hydrogen-bond donors (Lipinski definition) is 3. The number of primary amides is 1. The van der Waals surface area contributed by atoms with Gasteiger partial charge in [0.25, 0.3) is 5.91 Å². The van der Waals surface area contributed by atoms with E-state index in [4.69, 9.17) is 10.7 Å². The Kier molecular flexibility index (Phi) is 9.23. The molecule has 4 aromatic rings. The van der Waals surface area contributed by atoms with E-state index in [9.17, 15) is 14.4 Å². The van der Waals surface area contributed by atoms with Gasteiger partial charge < -0.3 is 25.4 Å². The van der Waals surface area contributed by atoms with E-state index in [1.54, 1.807) is 34.6 Å². The number of para-hydroxylation sites is 1. The number of anilines is 2. The molecule has 12 heteroatoms. The van der Waals surface area contributed by atoms with Gasteiger partial charge in [0.15, 0.2) is 0 Å². The molecule has 41 heavy (non-hydrogen) atoms. The summed E-state index contributed by atoms with van der Waals surface area (Å²) in [6.07, 6.45) is 0.590. The third-order valence-electron chi connectivity index (χ3n) is 6.67. The van der Waals surface area contributed by atoms with Crippen LogP contribution in [0, 0.1) is 6.92 Å². The zero-order valence-electron chi connectivity index (χ0n) is 23.9. The van der Waals surface area contributed by atoms with Crippen molar-refractivity contribution in [2.45, 2.75) is 39.9 Å². The quantitative estimate of drug-likeness (QED) is 0.228. The number of benzene rings is 2. The third kappa shape index (κ3) is 7.02. The SMILES string of the molecule is CCn1nc(C)cc1C(=O)Nc1nc2c(N(C)CC(N)=O)cccc2n1CCCNC(=O)N(C)Cc1ccccc1. The fraction of sp³-hybridized carbons (Fsp3) is 0.345. The molecule has 2 aromatic heterocycles. The number of hydrogen-bond acceptors (Lipinski definition) is 6. The molecule has 0 aliphatic heterocycles. The highest BCUT2D eigenvalue weighted by atomic mass is 16.2. The lowest BCUT2D eigenvalue weighted by Gasteiger charge is -2.18. The van der Waals surface area contributed by atoms with Crippen LogP contribution in [0.3, 0.4) is 0 Å². The van der Waals surface area contributed by atoms with E-state index >= 15 is 0 Å². The number of aryl methyl sites for hydroxylation is 3. The molecule has 12 nitrogen and oxygen atoms in total. The standard InChI is InChI=1S/C29H37N9O3/c1-5-38-24(17-20(2)34-38)27(40)33-28-32-26-22(35(3)19-25(30)39)13-9-14-23(26)37(28)16-10-15-31-29(41)36(4)18-21-11-7-6-8-12-21/h6-9,11-14,17H,5,10,15-16,18-19H2,1-4H3,(H2,30,39)(H,31,41)(H,32,33,40). The number of nitrogens with zero attached hydrogens (tertiary/aromatic N) is 6. The number of amides is 4. The maximum Gasteiger partial charge on any atom is 0.317 e. The summed E-state index contributed by atoms with van der Waals surface area (Å²) in [6.45, 7) is 5.73. The van der Waals surface area contributed by atoms with Gasteiger partial charge in [0.05, 0.1) is 23.4 Å². The Balaban J connectivity index is 1.53. The van der Waals surface area contributed by atoms with Gasteiger partial charge >= 0.3 is 6.03 Å². The first-order valence-electron chi connectivity index (χ1n) is 13.5. The van der Waals surface area contributed by atoms with Crippen LogP contribution >= 0.6 is 0 Å². The second-order valence-corrected chi connectivity index (χ2v) is 9.92. The summed E-state index contributed by atoms with van der Waals surface area (Å²) in [4.78, 5) is 45.7. The predicted molar refractivity (Wildman–Crippen MR) is 159 cm³/mol. The number of rotatable bonds is 12. The van der Waals surface area contributed by atoms with Gasteiger partial charge in [-0.3, -0.25) is 19.6 Å². The topological polar surface area (TPSA) is 143 Å². The average Bonchev–Trinajstić information content (AvgIpc) is 3.50. The third-order valence-corrected chi connectivity index (χ3v) is 6.67. The van der Waals surface area contributed by atoms with Crippen molar-refractivity contribution >= 4 is 40.5 Å². The van der Waals surface area contributed by atoms with Crippen LogP contribution in [-0.4, -0.2) is 69.3 Å². The first-order chi connectivity index (χ1) is 19.7. The Morgan fingerprint density at radius 3 is 2.51 bits per heavy atom. The lowest BCUT2D eigenvalue weighted by Crippen LogP contribution is -2.37. The van der Waals surface area contributed by atoms with Crippen molar-refractivity contribution in [1.82, 2.24) is 29.5 Å². The lowest BCUT2D eigenvalue weighted by atomic mass is 10.2. The molecule has 0 unspecified atom stereocenters. The molecule has 0 aliphatic rings. The Bertz CT molecular complexity index is 1530. The summed E-state index contributed by atoms with van der Waals surface area (Å²) < 4.78 is 3.55.